The standard InChI is InChI=1S/C30H33Cl2N3O6S/c1-3-14-33-30(37)26(4-2)34(19-21-10-11-22(31)17-25(21)32)29(36)20-35(42(38,39)24-8-6-5-7-9-24)23-12-13-27-28(18-23)41-16-15-40-27/h5-13,17-18,26H,3-4,14-16,19-20H2,1-2H3,(H,33,37)/t26-/m1/s1. The second-order valence-electron chi connectivity index (χ2n) is 9.63. The number of ether oxygens (including phenoxy) is 2. The average Bonchev–Trinajstić information content (AvgIpc) is 2.99. The first-order chi connectivity index (χ1) is 20.1. The maximum atomic E-state index is 14.2. The molecule has 1 aliphatic heterocycles. The third-order valence-corrected chi connectivity index (χ3v) is 9.09. The maximum absolute atomic E-state index is 14.2. The summed E-state index contributed by atoms with van der Waals surface area (Å²) in [6.45, 7) is 4.22. The lowest BCUT2D eigenvalue weighted by Crippen LogP contribution is -2.52. The van der Waals surface area contributed by atoms with Crippen molar-refractivity contribution in [3.05, 3.63) is 82.3 Å². The molecule has 224 valence electrons. The zero-order chi connectivity index (χ0) is 30.3. The van der Waals surface area contributed by atoms with E-state index in [0.29, 0.717) is 59.7 Å². The fourth-order valence-corrected chi connectivity index (χ4v) is 6.45. The Bertz CT molecular complexity index is 1520. The molecule has 0 unspecified atom stereocenters. The molecule has 0 fully saturated rings. The van der Waals surface area contributed by atoms with E-state index in [4.69, 9.17) is 32.7 Å². The molecule has 0 saturated heterocycles. The van der Waals surface area contributed by atoms with Gasteiger partial charge in [0.1, 0.15) is 25.8 Å². The Kier molecular flexibility index (Phi) is 10.6. The Balaban J connectivity index is 1.76. The Hall–Kier alpha value is -3.47. The molecule has 1 aliphatic rings. The topological polar surface area (TPSA) is 105 Å². The van der Waals surface area contributed by atoms with Gasteiger partial charge in [-0.3, -0.25) is 13.9 Å². The van der Waals surface area contributed by atoms with Gasteiger partial charge in [-0.25, -0.2) is 8.42 Å². The van der Waals surface area contributed by atoms with Crippen LogP contribution in [0.15, 0.2) is 71.6 Å². The summed E-state index contributed by atoms with van der Waals surface area (Å²) >= 11 is 12.5. The largest absolute Gasteiger partial charge is 0.486 e. The molecule has 3 aromatic rings. The highest BCUT2D eigenvalue weighted by molar-refractivity contribution is 7.92. The summed E-state index contributed by atoms with van der Waals surface area (Å²) < 4.78 is 40.3. The van der Waals surface area contributed by atoms with E-state index < -0.39 is 28.5 Å². The summed E-state index contributed by atoms with van der Waals surface area (Å²) in [5.41, 5.74) is 0.775. The van der Waals surface area contributed by atoms with Gasteiger partial charge in [-0.05, 0) is 54.8 Å². The molecule has 0 aliphatic carbocycles. The molecule has 1 heterocycles. The predicted octanol–water partition coefficient (Wildman–Crippen LogP) is 5.29. The highest BCUT2D eigenvalue weighted by Gasteiger charge is 2.34. The van der Waals surface area contributed by atoms with Gasteiger partial charge in [-0.2, -0.15) is 0 Å². The van der Waals surface area contributed by atoms with Crippen molar-refractivity contribution in [2.75, 3.05) is 30.6 Å². The van der Waals surface area contributed by atoms with Crippen LogP contribution in [0.2, 0.25) is 10.0 Å². The number of amides is 2. The number of benzene rings is 3. The van der Waals surface area contributed by atoms with Crippen molar-refractivity contribution < 1.29 is 27.5 Å². The maximum Gasteiger partial charge on any atom is 0.264 e. The lowest BCUT2D eigenvalue weighted by atomic mass is 10.1. The van der Waals surface area contributed by atoms with Gasteiger partial charge in [0.05, 0.1) is 10.6 Å². The Morgan fingerprint density at radius 3 is 2.33 bits per heavy atom. The van der Waals surface area contributed by atoms with Crippen LogP contribution in [0.4, 0.5) is 5.69 Å². The molecule has 0 aromatic heterocycles. The monoisotopic (exact) mass is 633 g/mol. The third kappa shape index (κ3) is 7.29. The molecule has 0 spiro atoms. The number of carbonyl (C=O) groups excluding carboxylic acids is 2. The van der Waals surface area contributed by atoms with Crippen molar-refractivity contribution in [3.63, 3.8) is 0 Å². The van der Waals surface area contributed by atoms with Crippen LogP contribution in [0.5, 0.6) is 11.5 Å². The quantitative estimate of drug-likeness (QED) is 0.290. The first kappa shape index (κ1) is 31.5. The molecule has 1 N–H and O–H groups in total. The molecule has 42 heavy (non-hydrogen) atoms. The first-order valence-electron chi connectivity index (χ1n) is 13.6. The Labute approximate surface area is 256 Å². The van der Waals surface area contributed by atoms with E-state index >= 15 is 0 Å². The van der Waals surface area contributed by atoms with Gasteiger partial charge < -0.3 is 19.7 Å². The van der Waals surface area contributed by atoms with Crippen molar-refractivity contribution in [2.24, 2.45) is 0 Å². The minimum absolute atomic E-state index is 0.00714. The molecule has 0 saturated carbocycles. The molecule has 2 amide bonds. The molecular weight excluding hydrogens is 601 g/mol. The SMILES string of the molecule is CCCNC(=O)[C@@H](CC)N(Cc1ccc(Cl)cc1Cl)C(=O)CN(c1ccc2c(c1)OCCO2)S(=O)(=O)c1ccccc1. The zero-order valence-electron chi connectivity index (χ0n) is 23.4. The zero-order valence-corrected chi connectivity index (χ0v) is 25.7. The molecule has 0 radical (unpaired) electrons. The molecular formula is C30H33Cl2N3O6S. The van der Waals surface area contributed by atoms with Gasteiger partial charge in [-0.15, -0.1) is 0 Å². The van der Waals surface area contributed by atoms with Crippen molar-refractivity contribution in [3.8, 4) is 11.5 Å². The van der Waals surface area contributed by atoms with Crippen LogP contribution in [0, 0.1) is 0 Å². The van der Waals surface area contributed by atoms with Gasteiger partial charge >= 0.3 is 0 Å². The smallest absolute Gasteiger partial charge is 0.264 e. The number of hydrogen-bond acceptors (Lipinski definition) is 6. The van der Waals surface area contributed by atoms with Gasteiger partial charge in [0.15, 0.2) is 11.5 Å². The number of anilines is 1. The number of nitrogens with zero attached hydrogens (tertiary/aromatic N) is 2. The number of halogens is 2. The number of fused-ring (bicyclic) bond motifs is 1. The Morgan fingerprint density at radius 1 is 0.952 bits per heavy atom. The second kappa shape index (κ2) is 14.1. The van der Waals surface area contributed by atoms with Crippen molar-refractivity contribution in [1.82, 2.24) is 10.2 Å². The van der Waals surface area contributed by atoms with E-state index in [2.05, 4.69) is 5.32 Å². The number of sulfonamides is 1. The minimum Gasteiger partial charge on any atom is -0.486 e. The van der Waals surface area contributed by atoms with E-state index in [1.165, 1.54) is 23.1 Å². The van der Waals surface area contributed by atoms with Crippen LogP contribution < -0.4 is 19.1 Å². The van der Waals surface area contributed by atoms with Crippen LogP contribution in [0.3, 0.4) is 0 Å². The number of nitrogens with one attached hydrogen (secondary N) is 1. The molecule has 3 aromatic carbocycles. The summed E-state index contributed by atoms with van der Waals surface area (Å²) in [5, 5.41) is 3.60. The fourth-order valence-electron chi connectivity index (χ4n) is 4.55. The van der Waals surface area contributed by atoms with E-state index in [1.807, 2.05) is 6.92 Å². The Morgan fingerprint density at radius 2 is 1.67 bits per heavy atom. The van der Waals surface area contributed by atoms with Crippen molar-refractivity contribution >= 4 is 50.7 Å². The molecule has 1 atom stereocenters. The van der Waals surface area contributed by atoms with Gasteiger partial charge in [0, 0.05) is 29.2 Å². The lowest BCUT2D eigenvalue weighted by Gasteiger charge is -2.33. The van der Waals surface area contributed by atoms with E-state index in [1.54, 1.807) is 55.5 Å². The number of carbonyl (C=O) groups is 2. The van der Waals surface area contributed by atoms with Crippen LogP contribution in [0.1, 0.15) is 32.3 Å². The highest BCUT2D eigenvalue weighted by Crippen LogP contribution is 2.36. The van der Waals surface area contributed by atoms with E-state index in [0.717, 1.165) is 4.31 Å². The van der Waals surface area contributed by atoms with Gasteiger partial charge in [0.2, 0.25) is 11.8 Å². The summed E-state index contributed by atoms with van der Waals surface area (Å²) in [6.07, 6.45) is 1.01. The number of rotatable bonds is 12. The first-order valence-corrected chi connectivity index (χ1v) is 15.8. The van der Waals surface area contributed by atoms with E-state index in [9.17, 15) is 18.0 Å². The van der Waals surface area contributed by atoms with Crippen LogP contribution in [0.25, 0.3) is 0 Å². The van der Waals surface area contributed by atoms with Crippen LogP contribution in [-0.4, -0.2) is 57.5 Å². The summed E-state index contributed by atoms with van der Waals surface area (Å²) in [7, 11) is -4.22. The van der Waals surface area contributed by atoms with Gasteiger partial charge in [0.25, 0.3) is 10.0 Å². The second-order valence-corrected chi connectivity index (χ2v) is 12.3. The molecule has 9 nitrogen and oxygen atoms in total. The average molecular weight is 635 g/mol. The van der Waals surface area contributed by atoms with Crippen molar-refractivity contribution in [1.29, 1.82) is 0 Å². The normalized spacial score (nSPS) is 13.2. The van der Waals surface area contributed by atoms with Crippen LogP contribution >= 0.6 is 23.2 Å². The summed E-state index contributed by atoms with van der Waals surface area (Å²) in [6, 6.07) is 16.6. The molecule has 12 heteroatoms. The number of hydrogen-bond donors (Lipinski definition) is 1. The highest BCUT2D eigenvalue weighted by atomic mass is 35.5. The lowest BCUT2D eigenvalue weighted by molar-refractivity contribution is -0.140. The molecule has 0 bridgehead atoms. The summed E-state index contributed by atoms with van der Waals surface area (Å²) in [4.78, 5) is 28.8. The fraction of sp³-hybridized carbons (Fsp3) is 0.333. The minimum atomic E-state index is -4.22. The summed E-state index contributed by atoms with van der Waals surface area (Å²) in [5.74, 6) is -0.0795. The van der Waals surface area contributed by atoms with E-state index in [-0.39, 0.29) is 23.0 Å². The van der Waals surface area contributed by atoms with Gasteiger partial charge in [-0.1, -0.05) is 61.3 Å². The third-order valence-electron chi connectivity index (χ3n) is 6.71. The van der Waals surface area contributed by atoms with Crippen LogP contribution in [-0.2, 0) is 26.2 Å². The predicted molar refractivity (Wildman–Crippen MR) is 163 cm³/mol. The van der Waals surface area contributed by atoms with Crippen molar-refractivity contribution in [2.45, 2.75) is 44.2 Å². The molecule has 4 rings (SSSR count).